The molecule has 0 unspecified atom stereocenters. The number of aliphatic imine (C=N–C) groups is 2. The summed E-state index contributed by atoms with van der Waals surface area (Å²) in [5.74, 6) is 0. The topological polar surface area (TPSA) is 24.7 Å². The lowest BCUT2D eigenvalue weighted by Gasteiger charge is -2.05. The normalized spacial score (nSPS) is 12.3. The lowest BCUT2D eigenvalue weighted by atomic mass is 10.1. The third-order valence-corrected chi connectivity index (χ3v) is 2.20. The Morgan fingerprint density at radius 2 is 1.46 bits per heavy atom. The van der Waals surface area contributed by atoms with Gasteiger partial charge in [-0.1, -0.05) is 24.3 Å². The Balaban J connectivity index is 2.62. The number of rotatable bonds is 0. The van der Waals surface area contributed by atoms with E-state index in [0.29, 0.717) is 0 Å². The van der Waals surface area contributed by atoms with Gasteiger partial charge in [-0.2, -0.15) is 9.98 Å². The molecule has 2 nitrogen and oxygen atoms in total. The maximum atomic E-state index is 4.09. The SMILES string of the molecule is C1=Nc2cccc3cccc(c23)N=1. The van der Waals surface area contributed by atoms with Gasteiger partial charge in [-0.05, 0) is 17.5 Å². The molecule has 13 heavy (non-hydrogen) atoms. The summed E-state index contributed by atoms with van der Waals surface area (Å²) in [6.07, 6.45) is 0. The van der Waals surface area contributed by atoms with E-state index in [0.717, 1.165) is 16.8 Å². The quantitative estimate of drug-likeness (QED) is 0.489. The van der Waals surface area contributed by atoms with E-state index in [1.54, 1.807) is 0 Å². The molecule has 0 bridgehead atoms. The molecule has 3 rings (SSSR count). The fourth-order valence-corrected chi connectivity index (χ4v) is 1.62. The monoisotopic (exact) mass is 166 g/mol. The highest BCUT2D eigenvalue weighted by Crippen LogP contribution is 2.35. The van der Waals surface area contributed by atoms with Gasteiger partial charge in [0.25, 0.3) is 0 Å². The molecule has 60 valence electrons. The minimum atomic E-state index is 0.961. The lowest BCUT2D eigenvalue weighted by Crippen LogP contribution is -1.78. The molecule has 0 radical (unpaired) electrons. The lowest BCUT2D eigenvalue weighted by molar-refractivity contribution is 1.48. The maximum absolute atomic E-state index is 4.09. The van der Waals surface area contributed by atoms with E-state index in [9.17, 15) is 0 Å². The van der Waals surface area contributed by atoms with E-state index in [-0.39, 0.29) is 0 Å². The summed E-state index contributed by atoms with van der Waals surface area (Å²) in [5, 5.41) is 2.31. The third kappa shape index (κ3) is 0.835. The fourth-order valence-electron chi connectivity index (χ4n) is 1.62. The molecule has 1 heterocycles. The van der Waals surface area contributed by atoms with Gasteiger partial charge in [0.2, 0.25) is 0 Å². The van der Waals surface area contributed by atoms with Crippen molar-refractivity contribution in [2.24, 2.45) is 9.98 Å². The Morgan fingerprint density at radius 1 is 0.846 bits per heavy atom. The zero-order valence-electron chi connectivity index (χ0n) is 6.86. The zero-order chi connectivity index (χ0) is 8.67. The average molecular weight is 166 g/mol. The van der Waals surface area contributed by atoms with Crippen molar-refractivity contribution in [1.82, 2.24) is 0 Å². The van der Waals surface area contributed by atoms with E-state index in [4.69, 9.17) is 0 Å². The second-order valence-corrected chi connectivity index (χ2v) is 2.98. The highest BCUT2D eigenvalue weighted by Gasteiger charge is 2.06. The minimum absolute atomic E-state index is 0.961. The summed E-state index contributed by atoms with van der Waals surface area (Å²) in [4.78, 5) is 8.19. The van der Waals surface area contributed by atoms with Gasteiger partial charge in [-0.25, -0.2) is 0 Å². The summed E-state index contributed by atoms with van der Waals surface area (Å²) < 4.78 is 0. The molecule has 1 aliphatic heterocycles. The number of benzene rings is 2. The Kier molecular flexibility index (Phi) is 1.16. The molecule has 1 aliphatic rings. The standard InChI is InChI=1S/C11H6N2/c1-3-8-4-2-6-10-11(8)9(5-1)12-7-13-10/h1-6H. The average Bonchev–Trinajstić information content (AvgIpc) is 2.19. The van der Waals surface area contributed by atoms with Gasteiger partial charge in [-0.15, -0.1) is 0 Å². The van der Waals surface area contributed by atoms with Gasteiger partial charge in [-0.3, -0.25) is 0 Å². The van der Waals surface area contributed by atoms with Gasteiger partial charge in [0.15, 0.2) is 0 Å². The summed E-state index contributed by atoms with van der Waals surface area (Å²) in [7, 11) is 0. The molecular weight excluding hydrogens is 160 g/mol. The first-order chi connectivity index (χ1) is 6.45. The summed E-state index contributed by atoms with van der Waals surface area (Å²) in [6, 6.07) is 14.7. The van der Waals surface area contributed by atoms with Gasteiger partial charge in [0.05, 0.1) is 11.4 Å². The van der Waals surface area contributed by atoms with Crippen LogP contribution in [0.3, 0.4) is 0 Å². The summed E-state index contributed by atoms with van der Waals surface area (Å²) in [6.45, 7) is 0. The molecule has 2 aromatic carbocycles. The number of hydrogen-bond donors (Lipinski definition) is 0. The van der Waals surface area contributed by atoms with Crippen molar-refractivity contribution in [3.63, 3.8) is 0 Å². The second kappa shape index (κ2) is 2.28. The maximum Gasteiger partial charge on any atom is 0.101 e. The van der Waals surface area contributed by atoms with E-state index in [2.05, 4.69) is 28.1 Å². The molecule has 0 spiro atoms. The molecule has 2 aromatic rings. The smallest absolute Gasteiger partial charge is 0.101 e. The molecule has 0 saturated heterocycles. The van der Waals surface area contributed by atoms with Crippen molar-refractivity contribution >= 4 is 28.2 Å². The molecule has 2 heteroatoms. The van der Waals surface area contributed by atoms with Crippen LogP contribution < -0.4 is 0 Å². The molecule has 0 saturated carbocycles. The van der Waals surface area contributed by atoms with Crippen molar-refractivity contribution in [3.8, 4) is 0 Å². The van der Waals surface area contributed by atoms with Crippen molar-refractivity contribution in [3.05, 3.63) is 36.4 Å². The van der Waals surface area contributed by atoms with Crippen LogP contribution in [0.4, 0.5) is 11.4 Å². The van der Waals surface area contributed by atoms with Crippen LogP contribution in [0.1, 0.15) is 0 Å². The molecule has 0 fully saturated rings. The van der Waals surface area contributed by atoms with Crippen molar-refractivity contribution in [2.45, 2.75) is 0 Å². The van der Waals surface area contributed by atoms with Crippen LogP contribution in [-0.4, -0.2) is 6.01 Å². The van der Waals surface area contributed by atoms with Gasteiger partial charge in [0, 0.05) is 5.39 Å². The molecular formula is C11H6N2. The predicted octanol–water partition coefficient (Wildman–Crippen LogP) is 3.29. The first kappa shape index (κ1) is 6.58. The van der Waals surface area contributed by atoms with Crippen LogP contribution in [0.15, 0.2) is 46.4 Å². The molecule has 0 aliphatic carbocycles. The van der Waals surface area contributed by atoms with Crippen molar-refractivity contribution in [1.29, 1.82) is 0 Å². The Labute approximate surface area is 75.3 Å². The van der Waals surface area contributed by atoms with Gasteiger partial charge < -0.3 is 0 Å². The van der Waals surface area contributed by atoms with E-state index in [1.807, 2.05) is 24.3 Å². The molecule has 0 aromatic heterocycles. The zero-order valence-corrected chi connectivity index (χ0v) is 6.86. The Morgan fingerprint density at radius 3 is 2.08 bits per heavy atom. The first-order valence-corrected chi connectivity index (χ1v) is 4.13. The van der Waals surface area contributed by atoms with E-state index < -0.39 is 0 Å². The Hall–Kier alpha value is -1.92. The number of hydrogen-bond acceptors (Lipinski definition) is 2. The molecule has 0 amide bonds. The van der Waals surface area contributed by atoms with Crippen molar-refractivity contribution in [2.75, 3.05) is 0 Å². The van der Waals surface area contributed by atoms with E-state index in [1.165, 1.54) is 5.39 Å². The Bertz CT molecular complexity index is 506. The van der Waals surface area contributed by atoms with Crippen LogP contribution in [-0.2, 0) is 0 Å². The fraction of sp³-hybridized carbons (Fsp3) is 0. The van der Waals surface area contributed by atoms with E-state index >= 15 is 0 Å². The summed E-state index contributed by atoms with van der Waals surface area (Å²) in [5.41, 5.74) is 1.92. The van der Waals surface area contributed by atoms with Crippen LogP contribution >= 0.6 is 0 Å². The first-order valence-electron chi connectivity index (χ1n) is 4.13. The molecule has 0 N–H and O–H groups in total. The van der Waals surface area contributed by atoms with Crippen LogP contribution in [0.25, 0.3) is 10.8 Å². The minimum Gasteiger partial charge on any atom is -0.187 e. The van der Waals surface area contributed by atoms with Crippen LogP contribution in [0, 0.1) is 0 Å². The largest absolute Gasteiger partial charge is 0.187 e. The van der Waals surface area contributed by atoms with Crippen LogP contribution in [0.2, 0.25) is 0 Å². The van der Waals surface area contributed by atoms with Gasteiger partial charge >= 0.3 is 0 Å². The summed E-state index contributed by atoms with van der Waals surface area (Å²) >= 11 is 0. The predicted molar refractivity (Wildman–Crippen MR) is 53.1 cm³/mol. The highest BCUT2D eigenvalue weighted by molar-refractivity contribution is 6.03. The molecule has 0 atom stereocenters. The van der Waals surface area contributed by atoms with Gasteiger partial charge in [0.1, 0.15) is 6.01 Å². The van der Waals surface area contributed by atoms with Crippen LogP contribution in [0.5, 0.6) is 0 Å². The van der Waals surface area contributed by atoms with Crippen molar-refractivity contribution < 1.29 is 0 Å². The third-order valence-electron chi connectivity index (χ3n) is 2.20. The second-order valence-electron chi connectivity index (χ2n) is 2.98. The highest BCUT2D eigenvalue weighted by atomic mass is 14.9. The number of nitrogens with zero attached hydrogens (tertiary/aromatic N) is 2.